The molecule has 4 heteroatoms. The summed E-state index contributed by atoms with van der Waals surface area (Å²) in [6, 6.07) is 1.90. The molecule has 0 bridgehead atoms. The van der Waals surface area contributed by atoms with Gasteiger partial charge in [0.25, 0.3) is 0 Å². The van der Waals surface area contributed by atoms with Gasteiger partial charge in [0.05, 0.1) is 5.69 Å². The monoisotopic (exact) mass is 196 g/mol. The van der Waals surface area contributed by atoms with Crippen LogP contribution in [0.25, 0.3) is 0 Å². The molecule has 70 valence electrons. The standard InChI is InChI=1S/C9H12N2OS/c1-5(2)7-8(12)11-9-6(10-7)3-4-13-9/h3-5,7,10H,1-2H3,(H,11,12). The second-order valence-electron chi connectivity index (χ2n) is 3.52. The molecule has 0 radical (unpaired) electrons. The maximum absolute atomic E-state index is 11.5. The molecule has 1 atom stereocenters. The third-order valence-electron chi connectivity index (χ3n) is 2.16. The van der Waals surface area contributed by atoms with E-state index in [0.29, 0.717) is 5.92 Å². The average molecular weight is 196 g/mol. The minimum Gasteiger partial charge on any atom is -0.371 e. The predicted molar refractivity (Wildman–Crippen MR) is 55.2 cm³/mol. The molecule has 1 aliphatic heterocycles. The molecule has 0 saturated heterocycles. The third-order valence-corrected chi connectivity index (χ3v) is 2.99. The molecule has 1 aromatic heterocycles. The Bertz CT molecular complexity index is 332. The summed E-state index contributed by atoms with van der Waals surface area (Å²) >= 11 is 1.55. The second kappa shape index (κ2) is 3.03. The summed E-state index contributed by atoms with van der Waals surface area (Å²) in [5.41, 5.74) is 1.04. The number of carbonyl (C=O) groups is 1. The molecule has 0 saturated carbocycles. The van der Waals surface area contributed by atoms with Gasteiger partial charge in [-0.1, -0.05) is 13.8 Å². The Labute approximate surface area is 81.2 Å². The van der Waals surface area contributed by atoms with Gasteiger partial charge in [-0.3, -0.25) is 4.79 Å². The van der Waals surface area contributed by atoms with E-state index in [4.69, 9.17) is 0 Å². The van der Waals surface area contributed by atoms with Gasteiger partial charge in [-0.15, -0.1) is 11.3 Å². The fourth-order valence-electron chi connectivity index (χ4n) is 1.41. The van der Waals surface area contributed by atoms with Crippen LogP contribution in [0.5, 0.6) is 0 Å². The van der Waals surface area contributed by atoms with E-state index < -0.39 is 0 Å². The Morgan fingerprint density at radius 1 is 1.54 bits per heavy atom. The highest BCUT2D eigenvalue weighted by Crippen LogP contribution is 2.33. The van der Waals surface area contributed by atoms with Crippen molar-refractivity contribution >= 4 is 27.9 Å². The topological polar surface area (TPSA) is 41.1 Å². The highest BCUT2D eigenvalue weighted by Gasteiger charge is 2.28. The summed E-state index contributed by atoms with van der Waals surface area (Å²) in [5, 5.41) is 9.02. The maximum Gasteiger partial charge on any atom is 0.247 e. The van der Waals surface area contributed by atoms with E-state index in [9.17, 15) is 4.79 Å². The van der Waals surface area contributed by atoms with Crippen LogP contribution in [0.15, 0.2) is 11.4 Å². The first-order valence-electron chi connectivity index (χ1n) is 4.33. The summed E-state index contributed by atoms with van der Waals surface area (Å²) in [5.74, 6) is 0.387. The van der Waals surface area contributed by atoms with Crippen molar-refractivity contribution in [2.24, 2.45) is 5.92 Å². The zero-order valence-electron chi connectivity index (χ0n) is 7.63. The first-order valence-corrected chi connectivity index (χ1v) is 5.21. The minimum atomic E-state index is -0.0953. The molecule has 2 heterocycles. The van der Waals surface area contributed by atoms with Gasteiger partial charge >= 0.3 is 0 Å². The van der Waals surface area contributed by atoms with Crippen molar-refractivity contribution in [2.75, 3.05) is 10.6 Å². The van der Waals surface area contributed by atoms with E-state index in [1.807, 2.05) is 25.3 Å². The molecule has 0 spiro atoms. The molecule has 2 N–H and O–H groups in total. The predicted octanol–water partition coefficient (Wildman–Crippen LogP) is 2.14. The normalized spacial score (nSPS) is 20.8. The van der Waals surface area contributed by atoms with Crippen LogP contribution in [0, 0.1) is 5.92 Å². The lowest BCUT2D eigenvalue weighted by Gasteiger charge is -2.26. The largest absolute Gasteiger partial charge is 0.371 e. The summed E-state index contributed by atoms with van der Waals surface area (Å²) in [4.78, 5) is 11.5. The highest BCUT2D eigenvalue weighted by molar-refractivity contribution is 7.15. The lowest BCUT2D eigenvalue weighted by molar-refractivity contribution is -0.117. The first-order chi connectivity index (χ1) is 6.18. The Balaban J connectivity index is 2.27. The number of nitrogens with one attached hydrogen (secondary N) is 2. The smallest absolute Gasteiger partial charge is 0.247 e. The fraction of sp³-hybridized carbons (Fsp3) is 0.444. The van der Waals surface area contributed by atoms with Crippen LogP contribution >= 0.6 is 11.3 Å². The van der Waals surface area contributed by atoms with E-state index in [-0.39, 0.29) is 11.9 Å². The number of amides is 1. The minimum absolute atomic E-state index is 0.0740. The number of hydrogen-bond acceptors (Lipinski definition) is 3. The number of anilines is 2. The Morgan fingerprint density at radius 2 is 2.31 bits per heavy atom. The van der Waals surface area contributed by atoms with Crippen molar-refractivity contribution in [3.63, 3.8) is 0 Å². The van der Waals surface area contributed by atoms with Crippen LogP contribution in [0.4, 0.5) is 10.7 Å². The molecule has 1 aromatic rings. The van der Waals surface area contributed by atoms with E-state index in [1.165, 1.54) is 0 Å². The molecule has 0 aromatic carbocycles. The van der Waals surface area contributed by atoms with Crippen molar-refractivity contribution in [1.82, 2.24) is 0 Å². The van der Waals surface area contributed by atoms with E-state index in [2.05, 4.69) is 10.6 Å². The van der Waals surface area contributed by atoms with Gasteiger partial charge in [0, 0.05) is 0 Å². The van der Waals surface area contributed by atoms with Gasteiger partial charge in [-0.2, -0.15) is 0 Å². The van der Waals surface area contributed by atoms with Gasteiger partial charge in [0.2, 0.25) is 5.91 Å². The van der Waals surface area contributed by atoms with Crippen molar-refractivity contribution in [1.29, 1.82) is 0 Å². The van der Waals surface area contributed by atoms with Gasteiger partial charge in [0.15, 0.2) is 0 Å². The Kier molecular flexibility index (Phi) is 2.00. The maximum atomic E-state index is 11.5. The van der Waals surface area contributed by atoms with Gasteiger partial charge in [-0.25, -0.2) is 0 Å². The van der Waals surface area contributed by atoms with Crippen molar-refractivity contribution in [2.45, 2.75) is 19.9 Å². The zero-order chi connectivity index (χ0) is 9.42. The molecular weight excluding hydrogens is 184 g/mol. The van der Waals surface area contributed by atoms with Crippen LogP contribution in [0.2, 0.25) is 0 Å². The SMILES string of the molecule is CC(C)C1Nc2ccsc2NC1=O. The molecule has 1 aliphatic rings. The number of fused-ring (bicyclic) bond motifs is 1. The van der Waals surface area contributed by atoms with E-state index >= 15 is 0 Å². The summed E-state index contributed by atoms with van der Waals surface area (Å²) in [6.07, 6.45) is 0. The Morgan fingerprint density at radius 3 is 3.00 bits per heavy atom. The van der Waals surface area contributed by atoms with Crippen molar-refractivity contribution in [3.05, 3.63) is 11.4 Å². The summed E-state index contributed by atoms with van der Waals surface area (Å²) in [6.45, 7) is 4.07. The molecule has 13 heavy (non-hydrogen) atoms. The van der Waals surface area contributed by atoms with Crippen LogP contribution in [-0.2, 0) is 4.79 Å². The third kappa shape index (κ3) is 1.42. The van der Waals surface area contributed by atoms with Crippen molar-refractivity contribution < 1.29 is 4.79 Å². The van der Waals surface area contributed by atoms with Gasteiger partial charge in [-0.05, 0) is 17.4 Å². The molecular formula is C9H12N2OS. The number of thiophene rings is 1. The van der Waals surface area contributed by atoms with Crippen LogP contribution < -0.4 is 10.6 Å². The van der Waals surface area contributed by atoms with Gasteiger partial charge < -0.3 is 10.6 Å². The highest BCUT2D eigenvalue weighted by atomic mass is 32.1. The number of hydrogen-bond donors (Lipinski definition) is 2. The second-order valence-corrected chi connectivity index (χ2v) is 4.43. The summed E-state index contributed by atoms with van der Waals surface area (Å²) in [7, 11) is 0. The number of rotatable bonds is 1. The van der Waals surface area contributed by atoms with Crippen LogP contribution in [0.3, 0.4) is 0 Å². The summed E-state index contributed by atoms with van der Waals surface area (Å²) < 4.78 is 0. The fourth-order valence-corrected chi connectivity index (χ4v) is 2.17. The number of carbonyl (C=O) groups excluding carboxylic acids is 1. The zero-order valence-corrected chi connectivity index (χ0v) is 8.44. The lowest BCUT2D eigenvalue weighted by atomic mass is 10.0. The van der Waals surface area contributed by atoms with E-state index in [0.717, 1.165) is 10.7 Å². The molecule has 1 unspecified atom stereocenters. The van der Waals surface area contributed by atoms with Crippen LogP contribution in [0.1, 0.15) is 13.8 Å². The molecule has 3 nitrogen and oxygen atoms in total. The van der Waals surface area contributed by atoms with E-state index in [1.54, 1.807) is 11.3 Å². The molecule has 1 amide bonds. The van der Waals surface area contributed by atoms with Gasteiger partial charge in [0.1, 0.15) is 11.0 Å². The van der Waals surface area contributed by atoms with Crippen molar-refractivity contribution in [3.8, 4) is 0 Å². The quantitative estimate of drug-likeness (QED) is 0.722. The molecule has 2 rings (SSSR count). The first kappa shape index (κ1) is 8.56. The molecule has 0 aliphatic carbocycles. The average Bonchev–Trinajstić information content (AvgIpc) is 2.48. The molecule has 0 fully saturated rings. The Hall–Kier alpha value is -1.03. The van der Waals surface area contributed by atoms with Crippen LogP contribution in [-0.4, -0.2) is 11.9 Å². The lowest BCUT2D eigenvalue weighted by Crippen LogP contribution is -2.41.